The van der Waals surface area contributed by atoms with E-state index >= 15 is 0 Å². The summed E-state index contributed by atoms with van der Waals surface area (Å²) in [7, 11) is 2.14. The lowest BCUT2D eigenvalue weighted by Crippen LogP contribution is -2.43. The Balaban J connectivity index is 1.53. The fraction of sp³-hybridized carbons (Fsp3) is 0.650. The van der Waals surface area contributed by atoms with Crippen LogP contribution in [0.3, 0.4) is 0 Å². The van der Waals surface area contributed by atoms with Crippen molar-refractivity contribution in [1.29, 1.82) is 0 Å². The van der Waals surface area contributed by atoms with Gasteiger partial charge in [0.25, 0.3) is 0 Å². The Kier molecular flexibility index (Phi) is 6.45. The van der Waals surface area contributed by atoms with E-state index in [9.17, 15) is 4.79 Å². The first kappa shape index (κ1) is 18.4. The Morgan fingerprint density at radius 2 is 2.16 bits per heavy atom. The molecule has 1 amide bonds. The van der Waals surface area contributed by atoms with Crippen LogP contribution in [0.15, 0.2) is 24.3 Å². The van der Waals surface area contributed by atoms with Crippen molar-refractivity contribution >= 4 is 5.91 Å². The monoisotopic (exact) mass is 346 g/mol. The molecule has 0 N–H and O–H groups in total. The van der Waals surface area contributed by atoms with Crippen molar-refractivity contribution in [1.82, 2.24) is 9.80 Å². The molecule has 3 rings (SSSR count). The lowest BCUT2D eigenvalue weighted by molar-refractivity contribution is -0.131. The Labute approximate surface area is 150 Å². The summed E-state index contributed by atoms with van der Waals surface area (Å²) in [5.74, 6) is 0.273. The molecule has 25 heavy (non-hydrogen) atoms. The highest BCUT2D eigenvalue weighted by molar-refractivity contribution is 5.76. The maximum absolute atomic E-state index is 12.5. The number of carbonyl (C=O) groups is 1. The zero-order valence-electron chi connectivity index (χ0n) is 15.4. The number of carbonyl (C=O) groups excluding carboxylic acids is 1. The van der Waals surface area contributed by atoms with Crippen LogP contribution in [-0.4, -0.2) is 67.8 Å². The molecule has 0 bridgehead atoms. The van der Waals surface area contributed by atoms with Crippen LogP contribution in [0.4, 0.5) is 0 Å². The normalized spacial score (nSPS) is 25.2. The van der Waals surface area contributed by atoms with Crippen LogP contribution in [-0.2, 0) is 20.8 Å². The van der Waals surface area contributed by atoms with E-state index < -0.39 is 0 Å². The van der Waals surface area contributed by atoms with E-state index in [4.69, 9.17) is 9.47 Å². The van der Waals surface area contributed by atoms with Crippen molar-refractivity contribution in [2.75, 3.05) is 40.0 Å². The molecule has 0 radical (unpaired) electrons. The predicted molar refractivity (Wildman–Crippen MR) is 97.4 cm³/mol. The number of ether oxygens (including phenoxy) is 2. The minimum atomic E-state index is 0.154. The van der Waals surface area contributed by atoms with Crippen LogP contribution < -0.4 is 0 Å². The summed E-state index contributed by atoms with van der Waals surface area (Å²) in [6.45, 7) is 6.57. The summed E-state index contributed by atoms with van der Waals surface area (Å²) in [5.41, 5.74) is 2.46. The third-order valence-electron chi connectivity index (χ3n) is 5.23. The number of likely N-dealkylation sites (tertiary alicyclic amines) is 1. The first-order valence-corrected chi connectivity index (χ1v) is 9.35. The Hall–Kier alpha value is -1.43. The van der Waals surface area contributed by atoms with Crippen LogP contribution in [0.5, 0.6) is 0 Å². The lowest BCUT2D eigenvalue weighted by atomic mass is 10.1. The topological polar surface area (TPSA) is 42.0 Å². The maximum atomic E-state index is 12.5. The fourth-order valence-electron chi connectivity index (χ4n) is 3.77. The van der Waals surface area contributed by atoms with Crippen LogP contribution >= 0.6 is 0 Å². The SMILES string of the molecule is Cc1cccc(CN2CCC(N(C)CC3COCCO3)CCC2=O)c1. The molecule has 0 spiro atoms. The minimum Gasteiger partial charge on any atom is -0.376 e. The zero-order chi connectivity index (χ0) is 17.6. The molecule has 0 aromatic heterocycles. The van der Waals surface area contributed by atoms with Crippen molar-refractivity contribution in [3.8, 4) is 0 Å². The van der Waals surface area contributed by atoms with Crippen LogP contribution in [0.1, 0.15) is 30.4 Å². The van der Waals surface area contributed by atoms with Gasteiger partial charge in [0.2, 0.25) is 5.91 Å². The number of hydrogen-bond acceptors (Lipinski definition) is 4. The third-order valence-corrected chi connectivity index (χ3v) is 5.23. The largest absolute Gasteiger partial charge is 0.376 e. The fourth-order valence-corrected chi connectivity index (χ4v) is 3.77. The van der Waals surface area contributed by atoms with Gasteiger partial charge in [-0.05, 0) is 32.4 Å². The molecular weight excluding hydrogens is 316 g/mol. The molecule has 2 unspecified atom stereocenters. The average molecular weight is 346 g/mol. The van der Waals surface area contributed by atoms with Gasteiger partial charge in [0.15, 0.2) is 0 Å². The second-order valence-electron chi connectivity index (χ2n) is 7.29. The van der Waals surface area contributed by atoms with Gasteiger partial charge in [0.1, 0.15) is 0 Å². The number of aryl methyl sites for hydroxylation is 1. The first-order valence-electron chi connectivity index (χ1n) is 9.35. The van der Waals surface area contributed by atoms with Crippen LogP contribution in [0.25, 0.3) is 0 Å². The smallest absolute Gasteiger partial charge is 0.222 e. The van der Waals surface area contributed by atoms with Gasteiger partial charge in [-0.2, -0.15) is 0 Å². The molecule has 138 valence electrons. The van der Waals surface area contributed by atoms with Crippen molar-refractivity contribution in [3.63, 3.8) is 0 Å². The van der Waals surface area contributed by atoms with E-state index in [1.165, 1.54) is 11.1 Å². The second kappa shape index (κ2) is 8.79. The number of nitrogens with zero attached hydrogens (tertiary/aromatic N) is 2. The third kappa shape index (κ3) is 5.27. The molecular formula is C20H30N2O3. The molecule has 1 aromatic carbocycles. The summed E-state index contributed by atoms with van der Waals surface area (Å²) in [6.07, 6.45) is 2.72. The highest BCUT2D eigenvalue weighted by Gasteiger charge is 2.27. The van der Waals surface area contributed by atoms with Gasteiger partial charge in [-0.25, -0.2) is 0 Å². The van der Waals surface area contributed by atoms with Gasteiger partial charge in [0.05, 0.1) is 25.9 Å². The van der Waals surface area contributed by atoms with Crippen LogP contribution in [0.2, 0.25) is 0 Å². The average Bonchev–Trinajstić information content (AvgIpc) is 2.78. The Morgan fingerprint density at radius 3 is 2.92 bits per heavy atom. The van der Waals surface area contributed by atoms with E-state index in [0.29, 0.717) is 32.3 Å². The van der Waals surface area contributed by atoms with Crippen molar-refractivity contribution in [2.24, 2.45) is 0 Å². The maximum Gasteiger partial charge on any atom is 0.222 e. The molecule has 1 aromatic rings. The quantitative estimate of drug-likeness (QED) is 0.820. The van der Waals surface area contributed by atoms with Gasteiger partial charge in [-0.3, -0.25) is 4.79 Å². The number of hydrogen-bond donors (Lipinski definition) is 0. The van der Waals surface area contributed by atoms with E-state index in [1.807, 2.05) is 4.90 Å². The number of benzene rings is 1. The lowest BCUT2D eigenvalue weighted by Gasteiger charge is -2.32. The van der Waals surface area contributed by atoms with Crippen molar-refractivity contribution in [3.05, 3.63) is 35.4 Å². The van der Waals surface area contributed by atoms with E-state index in [2.05, 4.69) is 43.1 Å². The number of likely N-dealkylation sites (N-methyl/N-ethyl adjacent to an activating group) is 1. The summed E-state index contributed by atoms with van der Waals surface area (Å²) >= 11 is 0. The molecule has 2 aliphatic heterocycles. The van der Waals surface area contributed by atoms with Crippen molar-refractivity contribution in [2.45, 2.75) is 44.9 Å². The zero-order valence-corrected chi connectivity index (χ0v) is 15.4. The number of amides is 1. The molecule has 0 saturated carbocycles. The van der Waals surface area contributed by atoms with E-state index in [1.54, 1.807) is 0 Å². The number of rotatable bonds is 5. The van der Waals surface area contributed by atoms with Gasteiger partial charge < -0.3 is 19.3 Å². The highest BCUT2D eigenvalue weighted by Crippen LogP contribution is 2.20. The highest BCUT2D eigenvalue weighted by atomic mass is 16.6. The second-order valence-corrected chi connectivity index (χ2v) is 7.29. The van der Waals surface area contributed by atoms with E-state index in [0.717, 1.165) is 32.5 Å². The molecule has 0 aliphatic carbocycles. The molecule has 5 heteroatoms. The molecule has 2 fully saturated rings. The van der Waals surface area contributed by atoms with Gasteiger partial charge in [-0.15, -0.1) is 0 Å². The summed E-state index contributed by atoms with van der Waals surface area (Å²) in [5, 5.41) is 0. The van der Waals surface area contributed by atoms with Gasteiger partial charge >= 0.3 is 0 Å². The summed E-state index contributed by atoms with van der Waals surface area (Å²) in [4.78, 5) is 16.9. The summed E-state index contributed by atoms with van der Waals surface area (Å²) < 4.78 is 11.3. The predicted octanol–water partition coefficient (Wildman–Crippen LogP) is 2.22. The van der Waals surface area contributed by atoms with Gasteiger partial charge in [-0.1, -0.05) is 29.8 Å². The standard InChI is InChI=1S/C20H30N2O3/c1-16-4-3-5-17(12-16)13-22-9-8-18(6-7-20(22)23)21(2)14-19-15-24-10-11-25-19/h3-5,12,18-19H,6-11,13-15H2,1-2H3. The van der Waals surface area contributed by atoms with E-state index in [-0.39, 0.29) is 12.0 Å². The Morgan fingerprint density at radius 1 is 1.28 bits per heavy atom. The molecule has 2 aliphatic rings. The minimum absolute atomic E-state index is 0.154. The Bertz CT molecular complexity index is 572. The van der Waals surface area contributed by atoms with Gasteiger partial charge in [0, 0.05) is 32.1 Å². The van der Waals surface area contributed by atoms with Crippen LogP contribution in [0, 0.1) is 6.92 Å². The molecule has 5 nitrogen and oxygen atoms in total. The molecule has 2 saturated heterocycles. The molecule has 2 heterocycles. The first-order chi connectivity index (χ1) is 12.1. The molecule has 2 atom stereocenters. The van der Waals surface area contributed by atoms with Crippen molar-refractivity contribution < 1.29 is 14.3 Å². The summed E-state index contributed by atoms with van der Waals surface area (Å²) in [6, 6.07) is 8.86.